The van der Waals surface area contributed by atoms with Gasteiger partial charge in [0.25, 0.3) is 5.91 Å². The molecular weight excluding hydrogens is 427 g/mol. The molecule has 0 heterocycles. The minimum absolute atomic E-state index is 0.0279. The predicted octanol–water partition coefficient (Wildman–Crippen LogP) is 5.05. The highest BCUT2D eigenvalue weighted by atomic mass is 35.5. The summed E-state index contributed by atoms with van der Waals surface area (Å²) in [6.07, 6.45) is 1.45. The summed E-state index contributed by atoms with van der Waals surface area (Å²) in [6.45, 7) is 0.322. The summed E-state index contributed by atoms with van der Waals surface area (Å²) < 4.78 is 10.7. The van der Waals surface area contributed by atoms with Crippen LogP contribution in [0.5, 0.6) is 17.2 Å². The third-order valence-corrected chi connectivity index (χ3v) is 4.83. The van der Waals surface area contributed by atoms with Crippen molar-refractivity contribution in [3.63, 3.8) is 0 Å². The molecule has 0 saturated carbocycles. The van der Waals surface area contributed by atoms with Crippen molar-refractivity contribution in [3.8, 4) is 17.2 Å². The third-order valence-electron chi connectivity index (χ3n) is 4.09. The van der Waals surface area contributed by atoms with Crippen LogP contribution in [0.1, 0.15) is 21.5 Å². The Bertz CT molecular complexity index is 1070. The molecule has 0 aliphatic rings. The number of amides is 1. The first-order chi connectivity index (χ1) is 14.5. The molecule has 0 aliphatic carbocycles. The summed E-state index contributed by atoms with van der Waals surface area (Å²) in [4.78, 5) is 12.2. The van der Waals surface area contributed by atoms with Gasteiger partial charge in [0, 0.05) is 5.56 Å². The van der Waals surface area contributed by atoms with E-state index >= 15 is 0 Å². The number of phenols is 1. The maximum atomic E-state index is 12.2. The maximum Gasteiger partial charge on any atom is 0.271 e. The number of aromatic hydroxyl groups is 1. The van der Waals surface area contributed by atoms with Gasteiger partial charge in [-0.3, -0.25) is 4.79 Å². The Morgan fingerprint density at radius 1 is 1.07 bits per heavy atom. The monoisotopic (exact) mass is 444 g/mol. The quantitative estimate of drug-likeness (QED) is 0.394. The number of ether oxygens (including phenoxy) is 2. The Morgan fingerprint density at radius 3 is 2.53 bits per heavy atom. The fraction of sp³-hybridized carbons (Fsp3) is 0.0909. The van der Waals surface area contributed by atoms with Crippen LogP contribution < -0.4 is 14.9 Å². The number of hydrogen-bond acceptors (Lipinski definition) is 5. The average Bonchev–Trinajstić information content (AvgIpc) is 2.76. The van der Waals surface area contributed by atoms with E-state index in [4.69, 9.17) is 32.7 Å². The van der Waals surface area contributed by atoms with Gasteiger partial charge in [-0.15, -0.1) is 0 Å². The molecule has 0 radical (unpaired) electrons. The van der Waals surface area contributed by atoms with Crippen molar-refractivity contribution in [2.24, 2.45) is 5.10 Å². The number of nitrogens with zero attached hydrogens (tertiary/aromatic N) is 1. The van der Waals surface area contributed by atoms with Crippen LogP contribution in [0.3, 0.4) is 0 Å². The highest BCUT2D eigenvalue weighted by molar-refractivity contribution is 6.42. The molecule has 3 aromatic carbocycles. The second-order valence-electron chi connectivity index (χ2n) is 6.19. The molecule has 0 unspecified atom stereocenters. The van der Waals surface area contributed by atoms with Gasteiger partial charge in [-0.1, -0.05) is 29.3 Å². The van der Waals surface area contributed by atoms with Crippen molar-refractivity contribution in [1.82, 2.24) is 5.43 Å². The number of rotatable bonds is 7. The average molecular weight is 445 g/mol. The van der Waals surface area contributed by atoms with Gasteiger partial charge in [0.1, 0.15) is 12.4 Å². The molecule has 2 N–H and O–H groups in total. The lowest BCUT2D eigenvalue weighted by molar-refractivity contribution is 0.0955. The van der Waals surface area contributed by atoms with Gasteiger partial charge < -0.3 is 14.6 Å². The van der Waals surface area contributed by atoms with Crippen LogP contribution in [-0.2, 0) is 6.61 Å². The van der Waals surface area contributed by atoms with Gasteiger partial charge in [0.2, 0.25) is 0 Å². The zero-order chi connectivity index (χ0) is 21.5. The largest absolute Gasteiger partial charge is 0.504 e. The molecule has 0 spiro atoms. The van der Waals surface area contributed by atoms with Gasteiger partial charge in [-0.05, 0) is 65.7 Å². The Hall–Kier alpha value is -3.22. The topological polar surface area (TPSA) is 80.2 Å². The smallest absolute Gasteiger partial charge is 0.271 e. The van der Waals surface area contributed by atoms with E-state index in [0.29, 0.717) is 39.3 Å². The van der Waals surface area contributed by atoms with Crippen molar-refractivity contribution in [1.29, 1.82) is 0 Å². The number of methoxy groups -OCH3 is 1. The van der Waals surface area contributed by atoms with E-state index in [1.165, 1.54) is 19.4 Å². The Kier molecular flexibility index (Phi) is 7.17. The SMILES string of the molecule is COc1cc(/C=N/NC(=O)c2ccc(OCc3ccc(Cl)c(Cl)c3)cc2)ccc1O. The normalized spacial score (nSPS) is 10.8. The van der Waals surface area contributed by atoms with Crippen LogP contribution >= 0.6 is 23.2 Å². The summed E-state index contributed by atoms with van der Waals surface area (Å²) in [6, 6.07) is 16.7. The lowest BCUT2D eigenvalue weighted by atomic mass is 10.2. The van der Waals surface area contributed by atoms with Crippen molar-refractivity contribution in [3.05, 3.63) is 87.4 Å². The second-order valence-corrected chi connectivity index (χ2v) is 7.01. The molecular formula is C22H18Cl2N2O4. The highest BCUT2D eigenvalue weighted by Gasteiger charge is 2.06. The highest BCUT2D eigenvalue weighted by Crippen LogP contribution is 2.25. The Labute approximate surface area is 183 Å². The van der Waals surface area contributed by atoms with Crippen LogP contribution in [0, 0.1) is 0 Å². The number of benzene rings is 3. The number of halogens is 2. The van der Waals surface area contributed by atoms with E-state index in [9.17, 15) is 9.90 Å². The lowest BCUT2D eigenvalue weighted by Crippen LogP contribution is -2.17. The maximum absolute atomic E-state index is 12.2. The molecule has 6 nitrogen and oxygen atoms in total. The minimum Gasteiger partial charge on any atom is -0.504 e. The number of hydrogen-bond donors (Lipinski definition) is 2. The molecule has 0 atom stereocenters. The summed E-state index contributed by atoms with van der Waals surface area (Å²) >= 11 is 11.9. The predicted molar refractivity (Wildman–Crippen MR) is 117 cm³/mol. The zero-order valence-electron chi connectivity index (χ0n) is 15.9. The molecule has 8 heteroatoms. The minimum atomic E-state index is -0.368. The first-order valence-corrected chi connectivity index (χ1v) is 9.59. The molecule has 3 rings (SSSR count). The van der Waals surface area contributed by atoms with Crippen molar-refractivity contribution < 1.29 is 19.4 Å². The molecule has 1 amide bonds. The Balaban J connectivity index is 1.55. The second kappa shape index (κ2) is 10.0. The lowest BCUT2D eigenvalue weighted by Gasteiger charge is -2.08. The van der Waals surface area contributed by atoms with Gasteiger partial charge in [-0.2, -0.15) is 5.10 Å². The van der Waals surface area contributed by atoms with E-state index < -0.39 is 0 Å². The van der Waals surface area contributed by atoms with Gasteiger partial charge >= 0.3 is 0 Å². The number of phenolic OH excluding ortho intramolecular Hbond substituents is 1. The zero-order valence-corrected chi connectivity index (χ0v) is 17.4. The third kappa shape index (κ3) is 5.65. The van der Waals surface area contributed by atoms with Crippen LogP contribution in [-0.4, -0.2) is 24.3 Å². The van der Waals surface area contributed by atoms with E-state index in [1.807, 2.05) is 6.07 Å². The number of carbonyl (C=O) groups excluding carboxylic acids is 1. The molecule has 0 aromatic heterocycles. The molecule has 0 bridgehead atoms. The van der Waals surface area contributed by atoms with Crippen molar-refractivity contribution >= 4 is 35.3 Å². The number of nitrogens with one attached hydrogen (secondary N) is 1. The molecule has 0 saturated heterocycles. The van der Waals surface area contributed by atoms with Crippen LogP contribution in [0.25, 0.3) is 0 Å². The fourth-order valence-electron chi connectivity index (χ4n) is 2.50. The molecule has 3 aromatic rings. The van der Waals surface area contributed by atoms with E-state index in [1.54, 1.807) is 48.5 Å². The summed E-state index contributed by atoms with van der Waals surface area (Å²) in [5, 5.41) is 14.5. The fourth-order valence-corrected chi connectivity index (χ4v) is 2.82. The van der Waals surface area contributed by atoms with Gasteiger partial charge in [0.15, 0.2) is 11.5 Å². The number of carbonyl (C=O) groups is 1. The summed E-state index contributed by atoms with van der Waals surface area (Å²) in [7, 11) is 1.45. The first-order valence-electron chi connectivity index (χ1n) is 8.83. The van der Waals surface area contributed by atoms with E-state index in [2.05, 4.69) is 10.5 Å². The molecule has 0 aliphatic heterocycles. The molecule has 30 heavy (non-hydrogen) atoms. The molecule has 0 fully saturated rings. The van der Waals surface area contributed by atoms with Crippen molar-refractivity contribution in [2.45, 2.75) is 6.61 Å². The van der Waals surface area contributed by atoms with Crippen LogP contribution in [0.2, 0.25) is 10.0 Å². The van der Waals surface area contributed by atoms with Gasteiger partial charge in [0.05, 0.1) is 23.4 Å². The summed E-state index contributed by atoms with van der Waals surface area (Å²) in [5.41, 5.74) is 4.42. The van der Waals surface area contributed by atoms with Crippen LogP contribution in [0.15, 0.2) is 65.8 Å². The Morgan fingerprint density at radius 2 is 1.83 bits per heavy atom. The molecule has 154 valence electrons. The summed E-state index contributed by atoms with van der Waals surface area (Å²) in [5.74, 6) is 0.590. The van der Waals surface area contributed by atoms with E-state index in [0.717, 1.165) is 5.56 Å². The standard InChI is InChI=1S/C22H18Cl2N2O4/c1-29-21-11-14(3-9-20(21)27)12-25-26-22(28)16-4-6-17(7-5-16)30-13-15-2-8-18(23)19(24)10-15/h2-12,27H,13H2,1H3,(H,26,28)/b25-12+. The van der Waals surface area contributed by atoms with Crippen LogP contribution in [0.4, 0.5) is 0 Å². The number of hydrazone groups is 1. The van der Waals surface area contributed by atoms with Crippen molar-refractivity contribution in [2.75, 3.05) is 7.11 Å². The van der Waals surface area contributed by atoms with Gasteiger partial charge in [-0.25, -0.2) is 5.43 Å². The first kappa shape index (κ1) is 21.5. The van der Waals surface area contributed by atoms with E-state index in [-0.39, 0.29) is 11.7 Å².